The van der Waals surface area contributed by atoms with Crippen molar-refractivity contribution in [3.8, 4) is 0 Å². The number of pyridine rings is 1. The Hall–Kier alpha value is -1.23. The summed E-state index contributed by atoms with van der Waals surface area (Å²) < 4.78 is 0. The first-order valence-corrected chi connectivity index (χ1v) is 6.24. The molecule has 0 aromatic carbocycles. The van der Waals surface area contributed by atoms with E-state index >= 15 is 0 Å². The molecule has 1 rings (SSSR count). The molecule has 1 atom stereocenters. The van der Waals surface area contributed by atoms with Crippen molar-refractivity contribution < 1.29 is 4.79 Å². The molecule has 1 heterocycles. The Labute approximate surface area is 100 Å². The van der Waals surface area contributed by atoms with Gasteiger partial charge >= 0.3 is 0 Å². The van der Waals surface area contributed by atoms with Crippen LogP contribution in [0.5, 0.6) is 0 Å². The number of anilines is 1. The molecule has 0 saturated carbocycles. The normalized spacial score (nSPS) is 12.1. The molecule has 0 radical (unpaired) electrons. The van der Waals surface area contributed by atoms with Crippen molar-refractivity contribution in [2.24, 2.45) is 0 Å². The van der Waals surface area contributed by atoms with Crippen molar-refractivity contribution in [2.75, 3.05) is 11.5 Å². The summed E-state index contributed by atoms with van der Waals surface area (Å²) in [5.74, 6) is 0.430. The van der Waals surface area contributed by atoms with Crippen molar-refractivity contribution in [2.45, 2.75) is 31.3 Å². The lowest BCUT2D eigenvalue weighted by Crippen LogP contribution is -2.33. The molecule has 4 nitrogen and oxygen atoms in total. The van der Waals surface area contributed by atoms with Crippen molar-refractivity contribution in [1.29, 1.82) is 0 Å². The lowest BCUT2D eigenvalue weighted by molar-refractivity contribution is -0.119. The van der Waals surface area contributed by atoms with E-state index in [1.807, 2.05) is 19.9 Å². The Morgan fingerprint density at radius 2 is 2.38 bits per heavy atom. The summed E-state index contributed by atoms with van der Waals surface area (Å²) in [6, 6.07) is 3.82. The molecule has 0 fully saturated rings. The molecule has 88 valence electrons. The smallest absolute Gasteiger partial charge is 0.230 e. The first-order valence-electron chi connectivity index (χ1n) is 5.25. The van der Waals surface area contributed by atoms with Gasteiger partial charge in [0.1, 0.15) is 0 Å². The SMILES string of the molecule is CCC(C)NC(=O)CSc1ccc(N)cn1. The van der Waals surface area contributed by atoms with Gasteiger partial charge in [-0.05, 0) is 25.5 Å². The third kappa shape index (κ3) is 4.53. The van der Waals surface area contributed by atoms with Crippen molar-refractivity contribution >= 4 is 23.4 Å². The van der Waals surface area contributed by atoms with E-state index in [0.29, 0.717) is 11.4 Å². The standard InChI is InChI=1S/C11H17N3OS/c1-3-8(2)14-10(15)7-16-11-5-4-9(12)6-13-11/h4-6,8H,3,7,12H2,1-2H3,(H,14,15). The van der Waals surface area contributed by atoms with Crippen LogP contribution in [0.4, 0.5) is 5.69 Å². The third-order valence-corrected chi connectivity index (χ3v) is 3.07. The van der Waals surface area contributed by atoms with Gasteiger partial charge in [0, 0.05) is 6.04 Å². The molecule has 1 aromatic heterocycles. The average molecular weight is 239 g/mol. The van der Waals surface area contributed by atoms with Crippen LogP contribution in [0.25, 0.3) is 0 Å². The maximum Gasteiger partial charge on any atom is 0.230 e. The molecular formula is C11H17N3OS. The number of nitrogens with two attached hydrogens (primary N) is 1. The maximum atomic E-state index is 11.5. The van der Waals surface area contributed by atoms with Crippen molar-refractivity contribution in [3.05, 3.63) is 18.3 Å². The minimum Gasteiger partial charge on any atom is -0.397 e. The third-order valence-electron chi connectivity index (χ3n) is 2.13. The highest BCUT2D eigenvalue weighted by molar-refractivity contribution is 7.99. The number of amides is 1. The minimum absolute atomic E-state index is 0.0398. The zero-order chi connectivity index (χ0) is 12.0. The first-order chi connectivity index (χ1) is 7.61. The number of nitrogens with zero attached hydrogens (tertiary/aromatic N) is 1. The Morgan fingerprint density at radius 1 is 1.62 bits per heavy atom. The van der Waals surface area contributed by atoms with Gasteiger partial charge in [-0.25, -0.2) is 4.98 Å². The predicted molar refractivity (Wildman–Crippen MR) is 67.3 cm³/mol. The van der Waals surface area contributed by atoms with Gasteiger partial charge in [0.25, 0.3) is 0 Å². The highest BCUT2D eigenvalue weighted by atomic mass is 32.2. The summed E-state index contributed by atoms with van der Waals surface area (Å²) in [6.07, 6.45) is 2.53. The highest BCUT2D eigenvalue weighted by Crippen LogP contribution is 2.15. The Morgan fingerprint density at radius 3 is 2.94 bits per heavy atom. The number of carbonyl (C=O) groups excluding carboxylic acids is 1. The van der Waals surface area contributed by atoms with Crippen LogP contribution in [0.15, 0.2) is 23.4 Å². The van der Waals surface area contributed by atoms with E-state index < -0.39 is 0 Å². The lowest BCUT2D eigenvalue weighted by Gasteiger charge is -2.10. The topological polar surface area (TPSA) is 68.0 Å². The van der Waals surface area contributed by atoms with Crippen LogP contribution < -0.4 is 11.1 Å². The Balaban J connectivity index is 2.34. The number of hydrogen-bond acceptors (Lipinski definition) is 4. The first kappa shape index (κ1) is 12.8. The van der Waals surface area contributed by atoms with Gasteiger partial charge in [-0.15, -0.1) is 0 Å². The number of aromatic nitrogens is 1. The number of rotatable bonds is 5. The minimum atomic E-state index is 0.0398. The average Bonchev–Trinajstić information content (AvgIpc) is 2.28. The Bertz CT molecular complexity index is 340. The molecule has 1 aromatic rings. The second kappa shape index (κ2) is 6.37. The van der Waals surface area contributed by atoms with E-state index in [0.717, 1.165) is 11.4 Å². The number of hydrogen-bond donors (Lipinski definition) is 2. The summed E-state index contributed by atoms with van der Waals surface area (Å²) >= 11 is 1.41. The van der Waals surface area contributed by atoms with E-state index in [4.69, 9.17) is 5.73 Å². The molecule has 5 heteroatoms. The van der Waals surface area contributed by atoms with Crippen LogP contribution in [0.2, 0.25) is 0 Å². The van der Waals surface area contributed by atoms with E-state index in [1.165, 1.54) is 11.8 Å². The quantitative estimate of drug-likeness (QED) is 0.767. The Kier molecular flexibility index (Phi) is 5.11. The summed E-state index contributed by atoms with van der Waals surface area (Å²) in [5.41, 5.74) is 6.15. The zero-order valence-corrected chi connectivity index (χ0v) is 10.4. The molecule has 1 unspecified atom stereocenters. The van der Waals surface area contributed by atoms with Crippen LogP contribution in [-0.2, 0) is 4.79 Å². The predicted octanol–water partition coefficient (Wildman–Crippen LogP) is 1.67. The number of nitrogens with one attached hydrogen (secondary N) is 1. The molecule has 3 N–H and O–H groups in total. The lowest BCUT2D eigenvalue weighted by atomic mass is 10.3. The van der Waals surface area contributed by atoms with Gasteiger partial charge in [-0.2, -0.15) is 0 Å². The largest absolute Gasteiger partial charge is 0.397 e. The fraction of sp³-hybridized carbons (Fsp3) is 0.455. The molecule has 0 bridgehead atoms. The van der Waals surface area contributed by atoms with Gasteiger partial charge in [0.2, 0.25) is 5.91 Å². The number of thioether (sulfide) groups is 1. The van der Waals surface area contributed by atoms with E-state index in [-0.39, 0.29) is 11.9 Å². The fourth-order valence-electron chi connectivity index (χ4n) is 1.04. The van der Waals surface area contributed by atoms with Crippen molar-refractivity contribution in [1.82, 2.24) is 10.3 Å². The molecular weight excluding hydrogens is 222 g/mol. The molecule has 1 amide bonds. The molecule has 0 spiro atoms. The van der Waals surface area contributed by atoms with Gasteiger partial charge < -0.3 is 11.1 Å². The van der Waals surface area contributed by atoms with Crippen LogP contribution >= 0.6 is 11.8 Å². The van der Waals surface area contributed by atoms with Gasteiger partial charge in [-0.3, -0.25) is 4.79 Å². The van der Waals surface area contributed by atoms with E-state index in [9.17, 15) is 4.79 Å². The van der Waals surface area contributed by atoms with Gasteiger partial charge in [-0.1, -0.05) is 18.7 Å². The molecule has 16 heavy (non-hydrogen) atoms. The molecule has 0 aliphatic heterocycles. The van der Waals surface area contributed by atoms with Gasteiger partial charge in [0.05, 0.1) is 22.7 Å². The molecule has 0 saturated heterocycles. The number of carbonyl (C=O) groups is 1. The summed E-state index contributed by atoms with van der Waals surface area (Å²) in [6.45, 7) is 4.03. The summed E-state index contributed by atoms with van der Waals surface area (Å²) in [7, 11) is 0. The molecule has 0 aliphatic carbocycles. The van der Waals surface area contributed by atoms with E-state index in [2.05, 4.69) is 10.3 Å². The van der Waals surface area contributed by atoms with Crippen LogP contribution in [0.3, 0.4) is 0 Å². The van der Waals surface area contributed by atoms with Crippen LogP contribution in [0, 0.1) is 0 Å². The summed E-state index contributed by atoms with van der Waals surface area (Å²) in [4.78, 5) is 15.6. The number of nitrogen functional groups attached to an aromatic ring is 1. The monoisotopic (exact) mass is 239 g/mol. The van der Waals surface area contributed by atoms with E-state index in [1.54, 1.807) is 12.3 Å². The maximum absolute atomic E-state index is 11.5. The van der Waals surface area contributed by atoms with Crippen LogP contribution in [0.1, 0.15) is 20.3 Å². The summed E-state index contributed by atoms with van der Waals surface area (Å²) in [5, 5.41) is 3.71. The zero-order valence-electron chi connectivity index (χ0n) is 9.56. The fourth-order valence-corrected chi connectivity index (χ4v) is 1.69. The second-order valence-corrected chi connectivity index (χ2v) is 4.59. The second-order valence-electron chi connectivity index (χ2n) is 3.60. The highest BCUT2D eigenvalue weighted by Gasteiger charge is 2.06. The van der Waals surface area contributed by atoms with Gasteiger partial charge in [0.15, 0.2) is 0 Å². The van der Waals surface area contributed by atoms with Crippen LogP contribution in [-0.4, -0.2) is 22.7 Å². The molecule has 0 aliphatic rings. The van der Waals surface area contributed by atoms with Crippen molar-refractivity contribution in [3.63, 3.8) is 0 Å².